The Hall–Kier alpha value is -1.01. The van der Waals surface area contributed by atoms with Crippen LogP contribution in [-0.2, 0) is 20.8 Å². The number of hydrogen-bond donors (Lipinski definition) is 0. The van der Waals surface area contributed by atoms with Crippen molar-refractivity contribution in [1.29, 1.82) is 0 Å². The Morgan fingerprint density at radius 3 is 2.92 bits per heavy atom. The molecule has 0 radical (unpaired) electrons. The highest BCUT2D eigenvalue weighted by molar-refractivity contribution is 5.03. The molecule has 1 aromatic rings. The molecule has 0 bridgehead atoms. The Bertz CT molecular complexity index is 507. The number of aromatic nitrogens is 1. The summed E-state index contributed by atoms with van der Waals surface area (Å²) in [6.07, 6.45) is 6.99. The lowest BCUT2D eigenvalue weighted by Gasteiger charge is -2.34. The summed E-state index contributed by atoms with van der Waals surface area (Å²) in [5.74, 6) is 0.760. The van der Waals surface area contributed by atoms with Crippen LogP contribution in [-0.4, -0.2) is 61.0 Å². The number of nitrogens with zero attached hydrogens (tertiary/aromatic N) is 2. The number of pyridine rings is 1. The zero-order chi connectivity index (χ0) is 16.2. The van der Waals surface area contributed by atoms with Gasteiger partial charge in [0, 0.05) is 45.1 Å². The van der Waals surface area contributed by atoms with Crippen molar-refractivity contribution < 1.29 is 14.2 Å². The van der Waals surface area contributed by atoms with Gasteiger partial charge in [-0.15, -0.1) is 0 Å². The fourth-order valence-corrected chi connectivity index (χ4v) is 4.30. The van der Waals surface area contributed by atoms with Crippen LogP contribution in [0.4, 0.5) is 0 Å². The summed E-state index contributed by atoms with van der Waals surface area (Å²) in [6, 6.07) is 6.50. The van der Waals surface area contributed by atoms with Crippen molar-refractivity contribution in [2.45, 2.75) is 50.5 Å². The van der Waals surface area contributed by atoms with Crippen LogP contribution in [0.2, 0.25) is 0 Å². The Balaban J connectivity index is 1.37. The van der Waals surface area contributed by atoms with E-state index in [-0.39, 0.29) is 12.2 Å². The van der Waals surface area contributed by atoms with Gasteiger partial charge in [-0.25, -0.2) is 0 Å². The molecule has 3 saturated heterocycles. The molecule has 3 aliphatic rings. The van der Waals surface area contributed by atoms with E-state index >= 15 is 0 Å². The molecule has 5 nitrogen and oxygen atoms in total. The zero-order valence-corrected chi connectivity index (χ0v) is 14.3. The Kier molecular flexibility index (Phi) is 5.43. The van der Waals surface area contributed by atoms with Crippen LogP contribution in [0.3, 0.4) is 0 Å². The molecule has 1 aromatic heterocycles. The van der Waals surface area contributed by atoms with E-state index in [0.717, 1.165) is 44.5 Å². The largest absolute Gasteiger partial charge is 0.381 e. The smallest absolute Gasteiger partial charge is 0.100 e. The molecule has 3 fully saturated rings. The summed E-state index contributed by atoms with van der Waals surface area (Å²) < 4.78 is 17.8. The predicted molar refractivity (Wildman–Crippen MR) is 90.7 cm³/mol. The quantitative estimate of drug-likeness (QED) is 0.827. The summed E-state index contributed by atoms with van der Waals surface area (Å²) in [6.45, 7) is 5.43. The van der Waals surface area contributed by atoms with Crippen molar-refractivity contribution in [2.75, 3.05) is 32.9 Å². The second-order valence-corrected chi connectivity index (χ2v) is 7.23. The molecule has 0 saturated carbocycles. The van der Waals surface area contributed by atoms with Gasteiger partial charge in [0.15, 0.2) is 0 Å². The van der Waals surface area contributed by atoms with Gasteiger partial charge in [0.05, 0.1) is 18.4 Å². The number of ether oxygens (including phenoxy) is 3. The minimum absolute atomic E-state index is 0.164. The molecular formula is C19H28N2O3. The second kappa shape index (κ2) is 7.91. The van der Waals surface area contributed by atoms with E-state index in [1.165, 1.54) is 25.7 Å². The maximum atomic E-state index is 6.22. The normalized spacial score (nSPS) is 31.9. The molecule has 4 heterocycles. The molecule has 0 aromatic carbocycles. The number of fused-ring (bicyclic) bond motifs is 1. The Morgan fingerprint density at radius 1 is 1.17 bits per heavy atom. The van der Waals surface area contributed by atoms with Crippen LogP contribution in [0.25, 0.3) is 0 Å². The van der Waals surface area contributed by atoms with Crippen LogP contribution < -0.4 is 0 Å². The van der Waals surface area contributed by atoms with Crippen molar-refractivity contribution in [3.8, 4) is 0 Å². The van der Waals surface area contributed by atoms with Crippen molar-refractivity contribution in [1.82, 2.24) is 9.88 Å². The summed E-state index contributed by atoms with van der Waals surface area (Å²) >= 11 is 0. The highest BCUT2D eigenvalue weighted by Gasteiger charge is 2.45. The van der Waals surface area contributed by atoms with E-state index in [9.17, 15) is 0 Å². The minimum atomic E-state index is 0.164. The third-order valence-corrected chi connectivity index (χ3v) is 5.59. The van der Waals surface area contributed by atoms with Gasteiger partial charge in [-0.3, -0.25) is 9.88 Å². The van der Waals surface area contributed by atoms with E-state index in [2.05, 4.69) is 9.88 Å². The van der Waals surface area contributed by atoms with Crippen LogP contribution in [0, 0.1) is 5.92 Å². The molecule has 3 atom stereocenters. The van der Waals surface area contributed by atoms with Crippen LogP contribution >= 0.6 is 0 Å². The maximum absolute atomic E-state index is 6.22. The minimum Gasteiger partial charge on any atom is -0.381 e. The van der Waals surface area contributed by atoms with Crippen molar-refractivity contribution in [3.63, 3.8) is 0 Å². The summed E-state index contributed by atoms with van der Waals surface area (Å²) in [7, 11) is 0. The lowest BCUT2D eigenvalue weighted by molar-refractivity contribution is -0.0827. The lowest BCUT2D eigenvalue weighted by Crippen LogP contribution is -2.43. The molecule has 3 aliphatic heterocycles. The van der Waals surface area contributed by atoms with E-state index in [1.54, 1.807) is 0 Å². The first-order valence-corrected chi connectivity index (χ1v) is 9.35. The molecule has 0 N–H and O–H groups in total. The van der Waals surface area contributed by atoms with Gasteiger partial charge >= 0.3 is 0 Å². The summed E-state index contributed by atoms with van der Waals surface area (Å²) in [4.78, 5) is 6.99. The number of hydrogen-bond acceptors (Lipinski definition) is 5. The van der Waals surface area contributed by atoms with Gasteiger partial charge in [-0.05, 0) is 43.7 Å². The van der Waals surface area contributed by atoms with Crippen LogP contribution in [0.15, 0.2) is 24.4 Å². The van der Waals surface area contributed by atoms with Gasteiger partial charge in [0.2, 0.25) is 0 Å². The molecule has 4 rings (SSSR count). The van der Waals surface area contributed by atoms with Crippen LogP contribution in [0.5, 0.6) is 0 Å². The topological polar surface area (TPSA) is 43.8 Å². The second-order valence-electron chi connectivity index (χ2n) is 7.23. The fraction of sp³-hybridized carbons (Fsp3) is 0.737. The third kappa shape index (κ3) is 3.80. The van der Waals surface area contributed by atoms with Crippen molar-refractivity contribution in [3.05, 3.63) is 30.1 Å². The standard InChI is InChI=1S/C19H28N2O3/c1-2-8-20-16(4-1)14-24-18-13-21(12-15-6-10-22-11-7-15)17-5-3-9-23-19(17)18/h1-2,4,8,15,17-19H,3,5-7,9-14H2/t17-,18-,19+/m1/s1. The van der Waals surface area contributed by atoms with Crippen molar-refractivity contribution in [2.24, 2.45) is 5.92 Å². The zero-order valence-electron chi connectivity index (χ0n) is 14.3. The Morgan fingerprint density at radius 2 is 2.08 bits per heavy atom. The fourth-order valence-electron chi connectivity index (χ4n) is 4.30. The van der Waals surface area contributed by atoms with Gasteiger partial charge in [-0.1, -0.05) is 6.07 Å². The first kappa shape index (κ1) is 16.5. The third-order valence-electron chi connectivity index (χ3n) is 5.59. The van der Waals surface area contributed by atoms with E-state index in [1.807, 2.05) is 24.4 Å². The maximum Gasteiger partial charge on any atom is 0.100 e. The first-order valence-electron chi connectivity index (χ1n) is 9.35. The lowest BCUT2D eigenvalue weighted by atomic mass is 9.97. The highest BCUT2D eigenvalue weighted by Crippen LogP contribution is 2.32. The molecule has 24 heavy (non-hydrogen) atoms. The van der Waals surface area contributed by atoms with Gasteiger partial charge < -0.3 is 14.2 Å². The monoisotopic (exact) mass is 332 g/mol. The molecule has 0 unspecified atom stereocenters. The first-order chi connectivity index (χ1) is 11.9. The molecule has 0 aliphatic carbocycles. The van der Waals surface area contributed by atoms with E-state index < -0.39 is 0 Å². The Labute approximate surface area is 144 Å². The van der Waals surface area contributed by atoms with Crippen LogP contribution in [0.1, 0.15) is 31.4 Å². The predicted octanol–water partition coefficient (Wildman–Crippen LogP) is 2.26. The van der Waals surface area contributed by atoms with Gasteiger partial charge in [0.25, 0.3) is 0 Å². The molecular weight excluding hydrogens is 304 g/mol. The molecule has 0 spiro atoms. The average Bonchev–Trinajstić information content (AvgIpc) is 3.00. The highest BCUT2D eigenvalue weighted by atomic mass is 16.5. The summed E-state index contributed by atoms with van der Waals surface area (Å²) in [5, 5.41) is 0. The van der Waals surface area contributed by atoms with Gasteiger partial charge in [-0.2, -0.15) is 0 Å². The van der Waals surface area contributed by atoms with Gasteiger partial charge in [0.1, 0.15) is 6.10 Å². The average molecular weight is 332 g/mol. The van der Waals surface area contributed by atoms with Crippen molar-refractivity contribution >= 4 is 0 Å². The molecule has 132 valence electrons. The summed E-state index contributed by atoms with van der Waals surface area (Å²) in [5.41, 5.74) is 0.993. The SMILES string of the molecule is c1ccc(CO[C@@H]2CN(CC3CCOCC3)[C@@H]3CCCO[C@@H]32)nc1. The number of likely N-dealkylation sites (tertiary alicyclic amines) is 1. The number of rotatable bonds is 5. The molecule has 5 heteroatoms. The molecule has 0 amide bonds. The van der Waals surface area contributed by atoms with E-state index in [0.29, 0.717) is 12.6 Å². The van der Waals surface area contributed by atoms with E-state index in [4.69, 9.17) is 14.2 Å².